The highest BCUT2D eigenvalue weighted by atomic mass is 35.5. The van der Waals surface area contributed by atoms with Crippen LogP contribution >= 0.6 is 11.6 Å². The highest BCUT2D eigenvalue weighted by Crippen LogP contribution is 1.89. The minimum atomic E-state index is -0.192. The van der Waals surface area contributed by atoms with Crippen LogP contribution in [0.4, 0.5) is 0 Å². The molecule has 0 radical (unpaired) electrons. The highest BCUT2D eigenvalue weighted by Gasteiger charge is 1.97. The van der Waals surface area contributed by atoms with Gasteiger partial charge in [-0.25, -0.2) is 0 Å². The number of methoxy groups -OCH3 is 1. The molecule has 0 heterocycles. The van der Waals surface area contributed by atoms with Gasteiger partial charge in [-0.2, -0.15) is 0 Å². The minimum absolute atomic E-state index is 0.192. The standard InChI is InChI=1S/C7H15ClN2O/c1-6(2)9-5-10-7(8)4-11-3/h5-7H,4H2,1-3H3,(H,9,10). The van der Waals surface area contributed by atoms with Crippen LogP contribution in [0.1, 0.15) is 13.8 Å². The number of hydrogen-bond donors (Lipinski definition) is 1. The molecule has 0 aliphatic heterocycles. The summed E-state index contributed by atoms with van der Waals surface area (Å²) >= 11 is 5.74. The van der Waals surface area contributed by atoms with E-state index in [1.54, 1.807) is 13.4 Å². The second kappa shape index (κ2) is 6.43. The van der Waals surface area contributed by atoms with Gasteiger partial charge in [0.25, 0.3) is 0 Å². The predicted octanol–water partition coefficient (Wildman–Crippen LogP) is 1.22. The topological polar surface area (TPSA) is 33.6 Å². The van der Waals surface area contributed by atoms with Gasteiger partial charge in [0, 0.05) is 13.2 Å². The van der Waals surface area contributed by atoms with E-state index in [0.717, 1.165) is 0 Å². The maximum atomic E-state index is 5.74. The molecule has 0 saturated heterocycles. The van der Waals surface area contributed by atoms with E-state index in [0.29, 0.717) is 12.6 Å². The Balaban J connectivity index is 3.36. The summed E-state index contributed by atoms with van der Waals surface area (Å²) in [6.07, 6.45) is 1.61. The SMILES string of the molecule is COCC(Cl)N/C=N\C(C)C. The van der Waals surface area contributed by atoms with Gasteiger partial charge in [0.2, 0.25) is 0 Å². The Kier molecular flexibility index (Phi) is 6.27. The lowest BCUT2D eigenvalue weighted by Gasteiger charge is -2.06. The molecule has 0 aliphatic carbocycles. The average molecular weight is 179 g/mol. The monoisotopic (exact) mass is 178 g/mol. The van der Waals surface area contributed by atoms with Crippen molar-refractivity contribution in [3.63, 3.8) is 0 Å². The lowest BCUT2D eigenvalue weighted by molar-refractivity contribution is 0.195. The van der Waals surface area contributed by atoms with Gasteiger partial charge < -0.3 is 10.1 Å². The summed E-state index contributed by atoms with van der Waals surface area (Å²) in [4.78, 5) is 4.07. The van der Waals surface area contributed by atoms with Gasteiger partial charge in [-0.05, 0) is 13.8 Å². The molecule has 0 fully saturated rings. The Labute approximate surface area is 72.8 Å². The summed E-state index contributed by atoms with van der Waals surface area (Å²) in [7, 11) is 1.61. The molecule has 1 N–H and O–H groups in total. The molecule has 0 rings (SSSR count). The summed E-state index contributed by atoms with van der Waals surface area (Å²) < 4.78 is 4.81. The maximum Gasteiger partial charge on any atom is 0.126 e. The van der Waals surface area contributed by atoms with Crippen molar-refractivity contribution in [3.8, 4) is 0 Å². The van der Waals surface area contributed by atoms with Crippen LogP contribution in [0.15, 0.2) is 4.99 Å². The first kappa shape index (κ1) is 10.7. The van der Waals surface area contributed by atoms with Gasteiger partial charge in [0.1, 0.15) is 5.50 Å². The fourth-order valence-corrected chi connectivity index (χ4v) is 0.650. The van der Waals surface area contributed by atoms with E-state index in [1.807, 2.05) is 13.8 Å². The molecular formula is C7H15ClN2O. The summed E-state index contributed by atoms with van der Waals surface area (Å²) in [6, 6.07) is 0.300. The third-order valence-electron chi connectivity index (χ3n) is 0.941. The second-order valence-corrected chi connectivity index (χ2v) is 2.99. The number of halogens is 1. The van der Waals surface area contributed by atoms with Crippen LogP contribution in [0.5, 0.6) is 0 Å². The van der Waals surface area contributed by atoms with E-state index in [-0.39, 0.29) is 5.50 Å². The molecule has 0 saturated carbocycles. The van der Waals surface area contributed by atoms with E-state index in [4.69, 9.17) is 16.3 Å². The number of aliphatic imine (C=N–C) groups is 1. The molecular weight excluding hydrogens is 164 g/mol. The molecule has 0 aromatic carbocycles. The average Bonchev–Trinajstić information content (AvgIpc) is 1.87. The van der Waals surface area contributed by atoms with E-state index in [1.165, 1.54) is 0 Å². The van der Waals surface area contributed by atoms with Gasteiger partial charge in [-0.15, -0.1) is 0 Å². The molecule has 4 heteroatoms. The number of alkyl halides is 1. The molecule has 0 spiro atoms. The lowest BCUT2D eigenvalue weighted by Crippen LogP contribution is -2.26. The molecule has 0 amide bonds. The van der Waals surface area contributed by atoms with Gasteiger partial charge in [-0.1, -0.05) is 11.6 Å². The van der Waals surface area contributed by atoms with Gasteiger partial charge in [0.05, 0.1) is 12.9 Å². The first-order chi connectivity index (χ1) is 5.16. The van der Waals surface area contributed by atoms with Crippen molar-refractivity contribution in [3.05, 3.63) is 0 Å². The largest absolute Gasteiger partial charge is 0.381 e. The quantitative estimate of drug-likeness (QED) is 0.297. The molecule has 3 nitrogen and oxygen atoms in total. The van der Waals surface area contributed by atoms with Gasteiger partial charge in [0.15, 0.2) is 0 Å². The zero-order valence-corrected chi connectivity index (χ0v) is 7.93. The lowest BCUT2D eigenvalue weighted by atomic mass is 10.4. The predicted molar refractivity (Wildman–Crippen MR) is 48.3 cm³/mol. The Morgan fingerprint density at radius 2 is 2.27 bits per heavy atom. The van der Waals surface area contributed by atoms with Crippen molar-refractivity contribution in [1.29, 1.82) is 0 Å². The number of nitrogens with zero attached hydrogens (tertiary/aromatic N) is 1. The van der Waals surface area contributed by atoms with Crippen LogP contribution in [0.3, 0.4) is 0 Å². The van der Waals surface area contributed by atoms with Gasteiger partial charge in [-0.3, -0.25) is 4.99 Å². The van der Waals surface area contributed by atoms with Crippen molar-refractivity contribution in [2.24, 2.45) is 4.99 Å². The molecule has 1 unspecified atom stereocenters. The fourth-order valence-electron chi connectivity index (χ4n) is 0.467. The Hall–Kier alpha value is -0.280. The second-order valence-electron chi connectivity index (χ2n) is 2.46. The number of hydrogen-bond acceptors (Lipinski definition) is 2. The van der Waals surface area contributed by atoms with Crippen molar-refractivity contribution in [2.75, 3.05) is 13.7 Å². The summed E-state index contributed by atoms with van der Waals surface area (Å²) in [5.41, 5.74) is -0.192. The highest BCUT2D eigenvalue weighted by molar-refractivity contribution is 6.21. The van der Waals surface area contributed by atoms with Crippen LogP contribution in [-0.2, 0) is 4.74 Å². The Bertz CT molecular complexity index is 117. The minimum Gasteiger partial charge on any atom is -0.381 e. The maximum absolute atomic E-state index is 5.74. The molecule has 11 heavy (non-hydrogen) atoms. The third-order valence-corrected chi connectivity index (χ3v) is 1.19. The number of ether oxygens (including phenoxy) is 1. The first-order valence-electron chi connectivity index (χ1n) is 3.57. The molecule has 0 aromatic heterocycles. The van der Waals surface area contributed by atoms with Crippen LogP contribution in [0, 0.1) is 0 Å². The van der Waals surface area contributed by atoms with Crippen LogP contribution in [0.25, 0.3) is 0 Å². The number of rotatable bonds is 5. The fraction of sp³-hybridized carbons (Fsp3) is 0.857. The van der Waals surface area contributed by atoms with Gasteiger partial charge >= 0.3 is 0 Å². The van der Waals surface area contributed by atoms with Crippen molar-refractivity contribution < 1.29 is 4.74 Å². The van der Waals surface area contributed by atoms with Crippen LogP contribution in [-0.4, -0.2) is 31.6 Å². The Morgan fingerprint density at radius 1 is 1.64 bits per heavy atom. The third kappa shape index (κ3) is 7.62. The summed E-state index contributed by atoms with van der Waals surface area (Å²) in [5.74, 6) is 0. The first-order valence-corrected chi connectivity index (χ1v) is 4.01. The van der Waals surface area contributed by atoms with E-state index >= 15 is 0 Å². The number of nitrogens with one attached hydrogen (secondary N) is 1. The van der Waals surface area contributed by atoms with E-state index in [2.05, 4.69) is 10.3 Å². The van der Waals surface area contributed by atoms with Crippen molar-refractivity contribution in [1.82, 2.24) is 5.32 Å². The van der Waals surface area contributed by atoms with Crippen molar-refractivity contribution >= 4 is 17.9 Å². The molecule has 0 aliphatic rings. The van der Waals surface area contributed by atoms with Crippen molar-refractivity contribution in [2.45, 2.75) is 25.4 Å². The summed E-state index contributed by atoms with van der Waals surface area (Å²) in [5, 5.41) is 2.86. The molecule has 0 aromatic rings. The van der Waals surface area contributed by atoms with Crippen LogP contribution < -0.4 is 5.32 Å². The zero-order chi connectivity index (χ0) is 8.69. The smallest absolute Gasteiger partial charge is 0.126 e. The molecule has 0 bridgehead atoms. The normalized spacial score (nSPS) is 14.3. The zero-order valence-electron chi connectivity index (χ0n) is 7.17. The Morgan fingerprint density at radius 3 is 2.73 bits per heavy atom. The van der Waals surface area contributed by atoms with E-state index < -0.39 is 0 Å². The van der Waals surface area contributed by atoms with E-state index in [9.17, 15) is 0 Å². The summed E-state index contributed by atoms with van der Waals surface area (Å²) in [6.45, 7) is 4.47. The molecule has 66 valence electrons. The van der Waals surface area contributed by atoms with Crippen LogP contribution in [0.2, 0.25) is 0 Å². The molecule has 1 atom stereocenters.